The summed E-state index contributed by atoms with van der Waals surface area (Å²) < 4.78 is 0. The van der Waals surface area contributed by atoms with Gasteiger partial charge in [0.2, 0.25) is 0 Å². The first-order valence-electron chi connectivity index (χ1n) is 7.28. The molecule has 110 valence electrons. The Morgan fingerprint density at radius 3 is 2.60 bits per heavy atom. The van der Waals surface area contributed by atoms with Crippen molar-refractivity contribution in [1.29, 1.82) is 0 Å². The Balaban J connectivity index is 2.09. The zero-order valence-corrected chi connectivity index (χ0v) is 12.4. The standard InChI is InChI=1S/C15H23N3O2/c1-11-6-4-7-12(2)17(11)16-13(3)14-8-5-9-15(10-14)18(19)20/h5,8-13,16H,4,6-7H2,1-3H3. The number of rotatable bonds is 4. The Bertz CT molecular complexity index is 468. The molecule has 5 nitrogen and oxygen atoms in total. The van der Waals surface area contributed by atoms with E-state index in [2.05, 4.69) is 24.3 Å². The van der Waals surface area contributed by atoms with Gasteiger partial charge in [0.25, 0.3) is 5.69 Å². The number of benzene rings is 1. The Kier molecular flexibility index (Phi) is 4.73. The zero-order chi connectivity index (χ0) is 14.7. The molecule has 3 unspecified atom stereocenters. The van der Waals surface area contributed by atoms with Crippen LogP contribution in [-0.4, -0.2) is 22.0 Å². The fourth-order valence-corrected chi connectivity index (χ4v) is 2.88. The van der Waals surface area contributed by atoms with Crippen molar-refractivity contribution >= 4 is 5.69 Å². The van der Waals surface area contributed by atoms with Gasteiger partial charge in [0, 0.05) is 30.3 Å². The lowest BCUT2D eigenvalue weighted by Crippen LogP contribution is -2.52. The molecule has 0 spiro atoms. The molecule has 1 fully saturated rings. The SMILES string of the molecule is CC(NN1C(C)CCCC1C)c1cccc([N+](=O)[O-])c1. The highest BCUT2D eigenvalue weighted by atomic mass is 16.6. The zero-order valence-electron chi connectivity index (χ0n) is 12.4. The normalized spacial score (nSPS) is 25.4. The smallest absolute Gasteiger partial charge is 0.258 e. The Hall–Kier alpha value is -1.46. The molecule has 5 heteroatoms. The molecule has 2 rings (SSSR count). The quantitative estimate of drug-likeness (QED) is 0.676. The van der Waals surface area contributed by atoms with Gasteiger partial charge in [-0.15, -0.1) is 0 Å². The number of hydrazine groups is 1. The molecule has 1 aromatic carbocycles. The summed E-state index contributed by atoms with van der Waals surface area (Å²) in [6, 6.07) is 7.93. The summed E-state index contributed by atoms with van der Waals surface area (Å²) >= 11 is 0. The molecule has 0 amide bonds. The summed E-state index contributed by atoms with van der Waals surface area (Å²) in [5, 5.41) is 13.1. The minimum absolute atomic E-state index is 0.0675. The topological polar surface area (TPSA) is 58.4 Å². The third-order valence-electron chi connectivity index (χ3n) is 4.12. The van der Waals surface area contributed by atoms with E-state index in [0.29, 0.717) is 12.1 Å². The summed E-state index contributed by atoms with van der Waals surface area (Å²) in [4.78, 5) is 10.5. The molecule has 1 aliphatic rings. The number of nitrogens with one attached hydrogen (secondary N) is 1. The maximum atomic E-state index is 10.8. The van der Waals surface area contributed by atoms with Crippen LogP contribution in [0.5, 0.6) is 0 Å². The maximum Gasteiger partial charge on any atom is 0.269 e. The first-order chi connectivity index (χ1) is 9.49. The van der Waals surface area contributed by atoms with E-state index in [1.165, 1.54) is 25.3 Å². The lowest BCUT2D eigenvalue weighted by Gasteiger charge is -2.40. The van der Waals surface area contributed by atoms with Gasteiger partial charge in [-0.1, -0.05) is 18.6 Å². The number of non-ortho nitro benzene ring substituents is 1. The summed E-state index contributed by atoms with van der Waals surface area (Å²) in [6.45, 7) is 6.50. The second-order valence-corrected chi connectivity index (χ2v) is 5.74. The van der Waals surface area contributed by atoms with Gasteiger partial charge >= 0.3 is 0 Å². The van der Waals surface area contributed by atoms with Crippen LogP contribution in [0.15, 0.2) is 24.3 Å². The molecule has 1 aliphatic heterocycles. The molecule has 1 saturated heterocycles. The van der Waals surface area contributed by atoms with E-state index in [4.69, 9.17) is 0 Å². The Morgan fingerprint density at radius 1 is 1.35 bits per heavy atom. The van der Waals surface area contributed by atoms with Crippen molar-refractivity contribution in [1.82, 2.24) is 10.4 Å². The number of nitro benzene ring substituents is 1. The molecular weight excluding hydrogens is 254 g/mol. The van der Waals surface area contributed by atoms with Gasteiger partial charge in [-0.25, -0.2) is 10.4 Å². The lowest BCUT2D eigenvalue weighted by molar-refractivity contribution is -0.384. The van der Waals surface area contributed by atoms with E-state index in [1.807, 2.05) is 13.0 Å². The third kappa shape index (κ3) is 3.35. The van der Waals surface area contributed by atoms with E-state index in [0.717, 1.165) is 5.56 Å². The predicted octanol–water partition coefficient (Wildman–Crippen LogP) is 3.42. The Labute approximate surface area is 120 Å². The minimum atomic E-state index is -0.345. The number of hydrogen-bond donors (Lipinski definition) is 1. The molecule has 0 aromatic heterocycles. The van der Waals surface area contributed by atoms with Gasteiger partial charge in [-0.05, 0) is 39.2 Å². The van der Waals surface area contributed by atoms with Gasteiger partial charge in [0.1, 0.15) is 0 Å². The van der Waals surface area contributed by atoms with Crippen LogP contribution in [0.3, 0.4) is 0 Å². The second-order valence-electron chi connectivity index (χ2n) is 5.74. The van der Waals surface area contributed by atoms with Crippen molar-refractivity contribution in [3.05, 3.63) is 39.9 Å². The van der Waals surface area contributed by atoms with E-state index in [1.54, 1.807) is 12.1 Å². The van der Waals surface area contributed by atoms with E-state index in [9.17, 15) is 10.1 Å². The average molecular weight is 277 g/mol. The van der Waals surface area contributed by atoms with Crippen LogP contribution in [0.4, 0.5) is 5.69 Å². The maximum absolute atomic E-state index is 10.8. The summed E-state index contributed by atoms with van der Waals surface area (Å²) in [6.07, 6.45) is 3.66. The van der Waals surface area contributed by atoms with Crippen LogP contribution in [0, 0.1) is 10.1 Å². The monoisotopic (exact) mass is 277 g/mol. The molecule has 1 N–H and O–H groups in total. The molecule has 0 radical (unpaired) electrons. The molecule has 1 aromatic rings. The van der Waals surface area contributed by atoms with Crippen LogP contribution >= 0.6 is 0 Å². The molecule has 3 atom stereocenters. The van der Waals surface area contributed by atoms with Crippen LogP contribution in [0.25, 0.3) is 0 Å². The van der Waals surface area contributed by atoms with Crippen LogP contribution < -0.4 is 5.43 Å². The van der Waals surface area contributed by atoms with Crippen molar-refractivity contribution in [3.8, 4) is 0 Å². The van der Waals surface area contributed by atoms with Crippen LogP contribution in [0.1, 0.15) is 51.6 Å². The van der Waals surface area contributed by atoms with E-state index >= 15 is 0 Å². The second kappa shape index (κ2) is 6.33. The summed E-state index contributed by atoms with van der Waals surface area (Å²) in [5.41, 5.74) is 4.61. The molecule has 0 saturated carbocycles. The van der Waals surface area contributed by atoms with Gasteiger partial charge in [-0.2, -0.15) is 0 Å². The highest BCUT2D eigenvalue weighted by molar-refractivity contribution is 5.35. The number of hydrogen-bond acceptors (Lipinski definition) is 4. The molecular formula is C15H23N3O2. The molecule has 0 bridgehead atoms. The predicted molar refractivity (Wildman–Crippen MR) is 79.3 cm³/mol. The van der Waals surface area contributed by atoms with Gasteiger partial charge < -0.3 is 0 Å². The van der Waals surface area contributed by atoms with Crippen LogP contribution in [-0.2, 0) is 0 Å². The molecule has 1 heterocycles. The highest BCUT2D eigenvalue weighted by Crippen LogP contribution is 2.24. The number of nitro groups is 1. The van der Waals surface area contributed by atoms with Crippen LogP contribution in [0.2, 0.25) is 0 Å². The summed E-state index contributed by atoms with van der Waals surface area (Å²) in [5.74, 6) is 0. The number of nitrogens with zero attached hydrogens (tertiary/aromatic N) is 2. The van der Waals surface area contributed by atoms with Crippen molar-refractivity contribution in [2.24, 2.45) is 0 Å². The van der Waals surface area contributed by atoms with Gasteiger partial charge in [0.05, 0.1) is 4.92 Å². The number of piperidine rings is 1. The van der Waals surface area contributed by atoms with Crippen molar-refractivity contribution < 1.29 is 4.92 Å². The average Bonchev–Trinajstić information content (AvgIpc) is 2.43. The first kappa shape index (κ1) is 14.9. The Morgan fingerprint density at radius 2 is 2.00 bits per heavy atom. The molecule has 0 aliphatic carbocycles. The van der Waals surface area contributed by atoms with Crippen molar-refractivity contribution in [2.75, 3.05) is 0 Å². The largest absolute Gasteiger partial charge is 0.269 e. The van der Waals surface area contributed by atoms with E-state index in [-0.39, 0.29) is 16.7 Å². The fourth-order valence-electron chi connectivity index (χ4n) is 2.88. The summed E-state index contributed by atoms with van der Waals surface area (Å²) in [7, 11) is 0. The van der Waals surface area contributed by atoms with Gasteiger partial charge in [0.15, 0.2) is 0 Å². The van der Waals surface area contributed by atoms with Crippen molar-refractivity contribution in [2.45, 2.75) is 58.2 Å². The highest BCUT2D eigenvalue weighted by Gasteiger charge is 2.26. The molecule has 20 heavy (non-hydrogen) atoms. The first-order valence-corrected chi connectivity index (χ1v) is 7.28. The lowest BCUT2D eigenvalue weighted by atomic mass is 9.99. The minimum Gasteiger partial charge on any atom is -0.258 e. The van der Waals surface area contributed by atoms with E-state index < -0.39 is 0 Å². The third-order valence-corrected chi connectivity index (χ3v) is 4.12. The van der Waals surface area contributed by atoms with Crippen molar-refractivity contribution in [3.63, 3.8) is 0 Å². The fraction of sp³-hybridized carbons (Fsp3) is 0.600. The van der Waals surface area contributed by atoms with Gasteiger partial charge in [-0.3, -0.25) is 10.1 Å².